The molecule has 0 fully saturated rings. The van der Waals surface area contributed by atoms with E-state index in [0.717, 1.165) is 82.7 Å². The fourth-order valence-electron chi connectivity index (χ4n) is 6.60. The van der Waals surface area contributed by atoms with Crippen molar-refractivity contribution < 1.29 is 8.83 Å². The Labute approximate surface area is 274 Å². The minimum absolute atomic E-state index is 0.605. The molecule has 0 radical (unpaired) electrons. The molecule has 0 amide bonds. The van der Waals surface area contributed by atoms with Crippen LogP contribution in [0.3, 0.4) is 0 Å². The largest absolute Gasteiger partial charge is 0.456 e. The van der Waals surface area contributed by atoms with Crippen LogP contribution in [-0.4, -0.2) is 19.9 Å². The van der Waals surface area contributed by atoms with Gasteiger partial charge in [-0.05, 0) is 24.3 Å². The third kappa shape index (κ3) is 4.20. The van der Waals surface area contributed by atoms with Crippen LogP contribution in [0.15, 0.2) is 154 Å². The van der Waals surface area contributed by atoms with Crippen molar-refractivity contribution in [2.45, 2.75) is 0 Å². The van der Waals surface area contributed by atoms with Crippen LogP contribution in [-0.2, 0) is 0 Å². The van der Waals surface area contributed by atoms with Gasteiger partial charge >= 0.3 is 0 Å². The first-order valence-corrected chi connectivity index (χ1v) is 15.8. The van der Waals surface area contributed by atoms with Crippen LogP contribution in [0.2, 0.25) is 0 Å². The highest BCUT2D eigenvalue weighted by Crippen LogP contribution is 2.42. The van der Waals surface area contributed by atoms with Crippen LogP contribution in [0.5, 0.6) is 0 Å². The third-order valence-electron chi connectivity index (χ3n) is 8.92. The van der Waals surface area contributed by atoms with Gasteiger partial charge in [0.2, 0.25) is 0 Å². The summed E-state index contributed by atoms with van der Waals surface area (Å²) in [6.45, 7) is 0. The molecule has 0 saturated carbocycles. The fourth-order valence-corrected chi connectivity index (χ4v) is 6.60. The van der Waals surface area contributed by atoms with Gasteiger partial charge in [0.1, 0.15) is 22.3 Å². The van der Waals surface area contributed by atoms with E-state index in [2.05, 4.69) is 48.5 Å². The molecule has 0 saturated heterocycles. The van der Waals surface area contributed by atoms with E-state index >= 15 is 0 Å². The molecular weight excluding hydrogens is 592 g/mol. The van der Waals surface area contributed by atoms with Crippen molar-refractivity contribution in [1.29, 1.82) is 0 Å². The molecular formula is C42H24N4O2. The summed E-state index contributed by atoms with van der Waals surface area (Å²) in [6, 6.07) is 48.7. The van der Waals surface area contributed by atoms with Crippen LogP contribution >= 0.6 is 0 Å². The molecule has 6 aromatic carbocycles. The maximum absolute atomic E-state index is 6.55. The number of aromatic nitrogens is 4. The Morgan fingerprint density at radius 1 is 0.354 bits per heavy atom. The molecule has 0 atom stereocenters. The molecule has 10 rings (SSSR count). The van der Waals surface area contributed by atoms with Gasteiger partial charge in [-0.3, -0.25) is 0 Å². The highest BCUT2D eigenvalue weighted by Gasteiger charge is 2.20. The van der Waals surface area contributed by atoms with Crippen molar-refractivity contribution in [3.63, 3.8) is 0 Å². The van der Waals surface area contributed by atoms with E-state index in [9.17, 15) is 0 Å². The number of nitrogens with zero attached hydrogens (tertiary/aromatic N) is 4. The molecule has 0 N–H and O–H groups in total. The van der Waals surface area contributed by atoms with Crippen LogP contribution in [0.25, 0.3) is 100 Å². The summed E-state index contributed by atoms with van der Waals surface area (Å²) in [4.78, 5) is 20.0. The lowest BCUT2D eigenvalue weighted by Crippen LogP contribution is -2.00. The zero-order chi connectivity index (χ0) is 31.6. The molecule has 0 aliphatic carbocycles. The van der Waals surface area contributed by atoms with Gasteiger partial charge in [0.15, 0.2) is 17.5 Å². The third-order valence-corrected chi connectivity index (χ3v) is 8.92. The van der Waals surface area contributed by atoms with Crippen LogP contribution in [0, 0.1) is 0 Å². The first-order chi connectivity index (χ1) is 23.8. The predicted molar refractivity (Wildman–Crippen MR) is 191 cm³/mol. The molecule has 4 heterocycles. The van der Waals surface area contributed by atoms with E-state index in [1.165, 1.54) is 0 Å². The lowest BCUT2D eigenvalue weighted by Gasteiger charge is -2.10. The molecule has 0 aliphatic rings. The molecule has 10 aromatic rings. The highest BCUT2D eigenvalue weighted by molar-refractivity contribution is 6.21. The predicted octanol–water partition coefficient (Wildman–Crippen LogP) is 10.9. The highest BCUT2D eigenvalue weighted by atomic mass is 16.3. The minimum atomic E-state index is 0.605. The van der Waals surface area contributed by atoms with Crippen LogP contribution in [0.4, 0.5) is 0 Å². The van der Waals surface area contributed by atoms with E-state index in [-0.39, 0.29) is 0 Å². The Bertz CT molecular complexity index is 2760. The molecule has 6 nitrogen and oxygen atoms in total. The second-order valence-electron chi connectivity index (χ2n) is 11.8. The normalized spacial score (nSPS) is 11.8. The smallest absolute Gasteiger partial charge is 0.164 e. The average Bonchev–Trinajstić information content (AvgIpc) is 3.73. The van der Waals surface area contributed by atoms with Gasteiger partial charge in [0.25, 0.3) is 0 Å². The number of furan rings is 2. The zero-order valence-electron chi connectivity index (χ0n) is 25.5. The Kier molecular flexibility index (Phi) is 5.77. The van der Waals surface area contributed by atoms with Gasteiger partial charge in [-0.1, -0.05) is 121 Å². The van der Waals surface area contributed by atoms with E-state index in [1.54, 1.807) is 0 Å². The quantitative estimate of drug-likeness (QED) is 0.196. The van der Waals surface area contributed by atoms with Gasteiger partial charge in [-0.25, -0.2) is 19.9 Å². The molecule has 4 aromatic heterocycles. The van der Waals surface area contributed by atoms with Crippen LogP contribution in [0.1, 0.15) is 0 Å². The van der Waals surface area contributed by atoms with E-state index in [1.807, 2.05) is 97.1 Å². The number of pyridine rings is 1. The first-order valence-electron chi connectivity index (χ1n) is 15.8. The lowest BCUT2D eigenvalue weighted by atomic mass is 10.0. The second kappa shape index (κ2) is 10.4. The van der Waals surface area contributed by atoms with Crippen molar-refractivity contribution in [3.8, 4) is 45.4 Å². The summed E-state index contributed by atoms with van der Waals surface area (Å²) in [5.41, 5.74) is 8.69. The maximum atomic E-state index is 6.55. The Morgan fingerprint density at radius 3 is 1.52 bits per heavy atom. The van der Waals surface area contributed by atoms with Gasteiger partial charge in [-0.2, -0.15) is 0 Å². The summed E-state index contributed by atoms with van der Waals surface area (Å²) >= 11 is 0. The summed E-state index contributed by atoms with van der Waals surface area (Å²) in [5.74, 6) is 1.86. The Morgan fingerprint density at radius 2 is 0.875 bits per heavy atom. The fraction of sp³-hybridized carbons (Fsp3) is 0. The monoisotopic (exact) mass is 616 g/mol. The van der Waals surface area contributed by atoms with Gasteiger partial charge in [0, 0.05) is 43.8 Å². The number of benzene rings is 6. The van der Waals surface area contributed by atoms with Crippen molar-refractivity contribution in [2.75, 3.05) is 0 Å². The topological polar surface area (TPSA) is 77.8 Å². The zero-order valence-corrected chi connectivity index (χ0v) is 25.5. The molecule has 0 unspecified atom stereocenters. The van der Waals surface area contributed by atoms with Crippen molar-refractivity contribution in [2.24, 2.45) is 0 Å². The molecule has 48 heavy (non-hydrogen) atoms. The maximum Gasteiger partial charge on any atom is 0.164 e. The van der Waals surface area contributed by atoms with Crippen molar-refractivity contribution in [1.82, 2.24) is 19.9 Å². The van der Waals surface area contributed by atoms with Gasteiger partial charge in [0.05, 0.1) is 16.6 Å². The Balaban J connectivity index is 1.16. The summed E-state index contributed by atoms with van der Waals surface area (Å²) in [5, 5.41) is 5.00. The number of rotatable bonds is 4. The number of para-hydroxylation sites is 2. The molecule has 0 bridgehead atoms. The lowest BCUT2D eigenvalue weighted by molar-refractivity contribution is 0.666. The minimum Gasteiger partial charge on any atom is -0.456 e. The standard InChI is InChI=1S/C42H24N4O2/c1-3-11-26(12-4-1)40-44-41(27-13-5-2-6-14-27)46-42(45-40)28-21-19-25(20-22-28)38-37-30-16-8-10-18-35(30)48-39(37)32-24-36-31(23-33(32)43-38)29-15-7-9-17-34(29)47-36/h1-24H. The molecule has 6 heteroatoms. The SMILES string of the molecule is c1ccc(-c2nc(-c3ccccc3)nc(-c3ccc(-c4nc5cc6c(cc5c5oc7ccccc7c45)oc4ccccc46)cc3)n2)cc1. The van der Waals surface area contributed by atoms with Gasteiger partial charge in [-0.15, -0.1) is 0 Å². The van der Waals surface area contributed by atoms with Crippen molar-refractivity contribution >= 4 is 54.8 Å². The second-order valence-corrected chi connectivity index (χ2v) is 11.8. The first kappa shape index (κ1) is 26.5. The average molecular weight is 617 g/mol. The molecule has 224 valence electrons. The summed E-state index contributed by atoms with van der Waals surface area (Å²) in [6.07, 6.45) is 0. The molecule has 0 spiro atoms. The number of hydrogen-bond acceptors (Lipinski definition) is 6. The Hall–Kier alpha value is -6.66. The number of hydrogen-bond donors (Lipinski definition) is 0. The van der Waals surface area contributed by atoms with Crippen LogP contribution < -0.4 is 0 Å². The van der Waals surface area contributed by atoms with Crippen molar-refractivity contribution in [3.05, 3.63) is 146 Å². The summed E-state index contributed by atoms with van der Waals surface area (Å²) in [7, 11) is 0. The van der Waals surface area contributed by atoms with E-state index in [4.69, 9.17) is 28.8 Å². The van der Waals surface area contributed by atoms with E-state index in [0.29, 0.717) is 17.5 Å². The van der Waals surface area contributed by atoms with Gasteiger partial charge < -0.3 is 8.83 Å². The van der Waals surface area contributed by atoms with E-state index < -0.39 is 0 Å². The summed E-state index contributed by atoms with van der Waals surface area (Å²) < 4.78 is 12.8. The molecule has 0 aliphatic heterocycles. The number of fused-ring (bicyclic) bond motifs is 8.